The van der Waals surface area contributed by atoms with E-state index >= 15 is 0 Å². The fraction of sp³-hybridized carbons (Fsp3) is 0.500. The van der Waals surface area contributed by atoms with Crippen molar-refractivity contribution in [3.05, 3.63) is 48.5 Å². The fourth-order valence-corrected chi connectivity index (χ4v) is 3.47. The first-order chi connectivity index (χ1) is 14.2. The first-order valence-corrected chi connectivity index (χ1v) is 10.5. The highest BCUT2D eigenvalue weighted by Gasteiger charge is 2.13. The van der Waals surface area contributed by atoms with Crippen LogP contribution in [0.2, 0.25) is 0 Å². The summed E-state index contributed by atoms with van der Waals surface area (Å²) in [4.78, 5) is 28.4. The number of nitrogens with one attached hydrogen (secondary N) is 2. The molecule has 1 aliphatic carbocycles. The van der Waals surface area contributed by atoms with E-state index in [1.54, 1.807) is 36.8 Å². The van der Waals surface area contributed by atoms with Crippen LogP contribution in [-0.4, -0.2) is 40.6 Å². The lowest BCUT2D eigenvalue weighted by Crippen LogP contribution is -2.26. The second kappa shape index (κ2) is 11.4. The molecule has 1 heterocycles. The Kier molecular flexibility index (Phi) is 8.25. The topological polar surface area (TPSA) is 85.2 Å². The fourth-order valence-electron chi connectivity index (χ4n) is 3.47. The van der Waals surface area contributed by atoms with Crippen molar-refractivity contribution in [1.29, 1.82) is 0 Å². The van der Waals surface area contributed by atoms with E-state index < -0.39 is 0 Å². The number of hydrogen-bond acceptors (Lipinski definition) is 4. The van der Waals surface area contributed by atoms with Gasteiger partial charge in [0.05, 0.1) is 12.4 Å². The van der Waals surface area contributed by atoms with Crippen molar-refractivity contribution in [2.45, 2.75) is 57.6 Å². The van der Waals surface area contributed by atoms with Crippen LogP contribution in [0.1, 0.15) is 55.3 Å². The van der Waals surface area contributed by atoms with Gasteiger partial charge >= 0.3 is 0 Å². The Bertz CT molecular complexity index is 770. The van der Waals surface area contributed by atoms with E-state index in [1.165, 1.54) is 19.3 Å². The van der Waals surface area contributed by atoms with Crippen molar-refractivity contribution < 1.29 is 14.3 Å². The molecule has 1 fully saturated rings. The first-order valence-electron chi connectivity index (χ1n) is 10.5. The van der Waals surface area contributed by atoms with Gasteiger partial charge in [-0.1, -0.05) is 25.3 Å². The molecule has 3 rings (SSSR count). The van der Waals surface area contributed by atoms with Gasteiger partial charge in [0.2, 0.25) is 5.91 Å². The van der Waals surface area contributed by atoms with Gasteiger partial charge in [-0.25, -0.2) is 4.98 Å². The highest BCUT2D eigenvalue weighted by molar-refractivity contribution is 5.97. The molecule has 1 aromatic carbocycles. The smallest absolute Gasteiger partial charge is 0.251 e. The van der Waals surface area contributed by atoms with Crippen LogP contribution in [-0.2, 0) is 16.1 Å². The average Bonchev–Trinajstić information content (AvgIpc) is 3.26. The van der Waals surface area contributed by atoms with E-state index in [9.17, 15) is 9.59 Å². The molecule has 156 valence electrons. The number of anilines is 1. The molecule has 1 aliphatic rings. The number of hydrogen-bond donors (Lipinski definition) is 2. The van der Waals surface area contributed by atoms with Crippen LogP contribution in [0.3, 0.4) is 0 Å². The summed E-state index contributed by atoms with van der Waals surface area (Å²) in [6.45, 7) is 1.82. The average molecular weight is 399 g/mol. The summed E-state index contributed by atoms with van der Waals surface area (Å²) < 4.78 is 7.73. The number of imidazole rings is 1. The van der Waals surface area contributed by atoms with Gasteiger partial charge in [-0.15, -0.1) is 0 Å². The lowest BCUT2D eigenvalue weighted by atomic mass is 9.98. The molecule has 2 N–H and O–H groups in total. The molecule has 0 bridgehead atoms. The Balaban J connectivity index is 1.36. The monoisotopic (exact) mass is 398 g/mol. The van der Waals surface area contributed by atoms with Crippen LogP contribution >= 0.6 is 0 Å². The first kappa shape index (κ1) is 21.0. The molecule has 2 aromatic rings. The van der Waals surface area contributed by atoms with Crippen LogP contribution in [0, 0.1) is 0 Å². The maximum atomic E-state index is 12.4. The maximum absolute atomic E-state index is 12.4. The lowest BCUT2D eigenvalue weighted by molar-refractivity contribution is -0.116. The Labute approximate surface area is 171 Å². The van der Waals surface area contributed by atoms with Gasteiger partial charge in [0.25, 0.3) is 5.91 Å². The zero-order valence-electron chi connectivity index (χ0n) is 16.8. The van der Waals surface area contributed by atoms with Crippen molar-refractivity contribution in [3.63, 3.8) is 0 Å². The van der Waals surface area contributed by atoms with Gasteiger partial charge < -0.3 is 19.9 Å². The molecule has 0 aliphatic heterocycles. The number of aryl methyl sites for hydroxylation is 1. The molecular formula is C22H30N4O3. The minimum absolute atomic E-state index is 0.101. The molecular weight excluding hydrogens is 368 g/mol. The normalized spacial score (nSPS) is 14.5. The molecule has 0 spiro atoms. The molecule has 7 nitrogen and oxygen atoms in total. The van der Waals surface area contributed by atoms with E-state index in [-0.39, 0.29) is 11.8 Å². The second-order valence-electron chi connectivity index (χ2n) is 7.42. The molecule has 1 saturated carbocycles. The number of amides is 2. The zero-order chi connectivity index (χ0) is 20.3. The van der Waals surface area contributed by atoms with Gasteiger partial charge in [0.1, 0.15) is 0 Å². The minimum atomic E-state index is -0.141. The molecule has 2 amide bonds. The van der Waals surface area contributed by atoms with Gasteiger partial charge in [0, 0.05) is 49.8 Å². The van der Waals surface area contributed by atoms with Crippen LogP contribution in [0.25, 0.3) is 0 Å². The Hall–Kier alpha value is -2.67. The maximum Gasteiger partial charge on any atom is 0.251 e. The summed E-state index contributed by atoms with van der Waals surface area (Å²) in [5.41, 5.74) is 1.15. The number of nitrogens with zero attached hydrogens (tertiary/aromatic N) is 2. The van der Waals surface area contributed by atoms with Gasteiger partial charge in [-0.2, -0.15) is 0 Å². The van der Waals surface area contributed by atoms with Crippen molar-refractivity contribution in [1.82, 2.24) is 14.9 Å². The SMILES string of the molecule is O=C(CCn1ccnc1)Nc1cccc(C(=O)NCCCOC2CCCCC2)c1. The van der Waals surface area contributed by atoms with Gasteiger partial charge in [-0.3, -0.25) is 9.59 Å². The third kappa shape index (κ3) is 7.34. The predicted molar refractivity (Wildman–Crippen MR) is 112 cm³/mol. The van der Waals surface area contributed by atoms with Crippen molar-refractivity contribution in [3.8, 4) is 0 Å². The van der Waals surface area contributed by atoms with Crippen molar-refractivity contribution in [2.75, 3.05) is 18.5 Å². The second-order valence-corrected chi connectivity index (χ2v) is 7.42. The highest BCUT2D eigenvalue weighted by atomic mass is 16.5. The van der Waals surface area contributed by atoms with Crippen molar-refractivity contribution >= 4 is 17.5 Å². The summed E-state index contributed by atoms with van der Waals surface area (Å²) in [6.07, 6.45) is 12.9. The quantitative estimate of drug-likeness (QED) is 0.601. The number of benzene rings is 1. The summed E-state index contributed by atoms with van der Waals surface area (Å²) in [6, 6.07) is 6.99. The van der Waals surface area contributed by atoms with E-state index in [0.29, 0.717) is 43.5 Å². The summed E-state index contributed by atoms with van der Waals surface area (Å²) >= 11 is 0. The summed E-state index contributed by atoms with van der Waals surface area (Å²) in [5, 5.41) is 5.76. The van der Waals surface area contributed by atoms with Crippen LogP contribution in [0.5, 0.6) is 0 Å². The predicted octanol–water partition coefficient (Wildman–Crippen LogP) is 3.38. The number of aromatic nitrogens is 2. The van der Waals surface area contributed by atoms with Gasteiger partial charge in [-0.05, 0) is 37.5 Å². The molecule has 0 saturated heterocycles. The highest BCUT2D eigenvalue weighted by Crippen LogP contribution is 2.20. The Morgan fingerprint density at radius 3 is 2.86 bits per heavy atom. The van der Waals surface area contributed by atoms with E-state index in [4.69, 9.17) is 4.74 Å². The third-order valence-electron chi connectivity index (χ3n) is 5.08. The lowest BCUT2D eigenvalue weighted by Gasteiger charge is -2.21. The molecule has 29 heavy (non-hydrogen) atoms. The molecule has 1 aromatic heterocycles. The Morgan fingerprint density at radius 1 is 1.21 bits per heavy atom. The summed E-state index contributed by atoms with van der Waals surface area (Å²) in [7, 11) is 0. The van der Waals surface area contributed by atoms with Crippen LogP contribution in [0.4, 0.5) is 5.69 Å². The van der Waals surface area contributed by atoms with E-state index in [1.807, 2.05) is 10.8 Å². The molecule has 0 atom stereocenters. The number of carbonyl (C=O) groups is 2. The Morgan fingerprint density at radius 2 is 2.07 bits per heavy atom. The zero-order valence-corrected chi connectivity index (χ0v) is 16.8. The number of carbonyl (C=O) groups excluding carboxylic acids is 2. The van der Waals surface area contributed by atoms with Gasteiger partial charge in [0.15, 0.2) is 0 Å². The van der Waals surface area contributed by atoms with Crippen LogP contribution in [0.15, 0.2) is 43.0 Å². The molecule has 7 heteroatoms. The van der Waals surface area contributed by atoms with Crippen LogP contribution < -0.4 is 10.6 Å². The summed E-state index contributed by atoms with van der Waals surface area (Å²) in [5.74, 6) is -0.242. The largest absolute Gasteiger partial charge is 0.378 e. The molecule has 0 unspecified atom stereocenters. The minimum Gasteiger partial charge on any atom is -0.378 e. The van der Waals surface area contributed by atoms with E-state index in [2.05, 4.69) is 15.6 Å². The standard InChI is InChI=1S/C22H30N4O3/c27-21(10-13-26-14-12-23-17-26)25-19-7-4-6-18(16-19)22(28)24-11-5-15-29-20-8-2-1-3-9-20/h4,6-7,12,14,16-17,20H,1-3,5,8-11,13,15H2,(H,24,28)(H,25,27). The number of ether oxygens (including phenoxy) is 1. The van der Waals surface area contributed by atoms with E-state index in [0.717, 1.165) is 19.3 Å². The van der Waals surface area contributed by atoms with Crippen molar-refractivity contribution in [2.24, 2.45) is 0 Å². The third-order valence-corrected chi connectivity index (χ3v) is 5.08. The molecule has 0 radical (unpaired) electrons. The number of rotatable bonds is 10.